The van der Waals surface area contributed by atoms with Crippen LogP contribution in [0.4, 0.5) is 4.79 Å². The van der Waals surface area contributed by atoms with Crippen LogP contribution in [0.1, 0.15) is 23.4 Å². The quantitative estimate of drug-likeness (QED) is 0.637. The van der Waals surface area contributed by atoms with Gasteiger partial charge in [-0.1, -0.05) is 41.6 Å². The fourth-order valence-corrected chi connectivity index (χ4v) is 3.14. The molecule has 2 aromatic rings. The number of carbonyl (C=O) groups is 3. The summed E-state index contributed by atoms with van der Waals surface area (Å²) in [5.41, 5.74) is 2.21. The van der Waals surface area contributed by atoms with E-state index < -0.39 is 6.03 Å². The van der Waals surface area contributed by atoms with Crippen LogP contribution < -0.4 is 10.6 Å². The van der Waals surface area contributed by atoms with Crippen molar-refractivity contribution in [1.29, 1.82) is 0 Å². The minimum absolute atomic E-state index is 0.125. The second kappa shape index (κ2) is 9.36. The van der Waals surface area contributed by atoms with Crippen LogP contribution in [-0.4, -0.2) is 51.8 Å². The van der Waals surface area contributed by atoms with Crippen molar-refractivity contribution in [2.24, 2.45) is 0 Å². The molecule has 0 aliphatic carbocycles. The summed E-state index contributed by atoms with van der Waals surface area (Å²) in [6.07, 6.45) is 0.670. The zero-order valence-electron chi connectivity index (χ0n) is 15.4. The second-order valence-corrected chi connectivity index (χ2v) is 7.28. The minimum atomic E-state index is -0.407. The van der Waals surface area contributed by atoms with E-state index in [0.29, 0.717) is 37.2 Å². The maximum absolute atomic E-state index is 12.0. The van der Waals surface area contributed by atoms with Gasteiger partial charge in [0.2, 0.25) is 17.7 Å². The van der Waals surface area contributed by atoms with E-state index in [-0.39, 0.29) is 24.0 Å². The van der Waals surface area contributed by atoms with Crippen molar-refractivity contribution in [1.82, 2.24) is 25.7 Å². The predicted octanol–water partition coefficient (Wildman–Crippen LogP) is 1.27. The van der Waals surface area contributed by atoms with Gasteiger partial charge in [0, 0.05) is 32.5 Å². The van der Waals surface area contributed by atoms with Crippen molar-refractivity contribution in [2.75, 3.05) is 18.8 Å². The molecule has 28 heavy (non-hydrogen) atoms. The molecule has 0 saturated carbocycles. The largest absolute Gasteiger partial charge is 0.416 e. The number of hydrogen-bond acceptors (Lipinski definition) is 7. The fraction of sp³-hybridized carbons (Fsp3) is 0.389. The predicted molar refractivity (Wildman–Crippen MR) is 101 cm³/mol. The Morgan fingerprint density at radius 3 is 2.82 bits per heavy atom. The lowest BCUT2D eigenvalue weighted by molar-refractivity contribution is -0.121. The molecular weight excluding hydrogens is 382 g/mol. The number of rotatable bonds is 8. The van der Waals surface area contributed by atoms with Gasteiger partial charge in [0.25, 0.3) is 5.22 Å². The number of carbonyl (C=O) groups excluding carboxylic acids is 3. The molecule has 4 amide bonds. The number of aryl methyl sites for hydroxylation is 1. The van der Waals surface area contributed by atoms with Crippen LogP contribution in [0.25, 0.3) is 0 Å². The maximum atomic E-state index is 12.0. The summed E-state index contributed by atoms with van der Waals surface area (Å²) in [5.74, 6) is 0.162. The molecule has 1 aliphatic heterocycles. The Morgan fingerprint density at radius 2 is 2.07 bits per heavy atom. The number of hydrogen-bond donors (Lipinski definition) is 2. The third-order valence-corrected chi connectivity index (χ3v) is 4.94. The molecule has 148 valence electrons. The van der Waals surface area contributed by atoms with Gasteiger partial charge in [-0.25, -0.2) is 4.79 Å². The Kier molecular flexibility index (Phi) is 6.64. The van der Waals surface area contributed by atoms with Crippen LogP contribution in [0.3, 0.4) is 0 Å². The number of aromatic nitrogens is 2. The smallest absolute Gasteiger partial charge is 0.324 e. The number of imide groups is 1. The Hall–Kier alpha value is -2.88. The van der Waals surface area contributed by atoms with Crippen molar-refractivity contribution in [3.8, 4) is 0 Å². The molecule has 1 aliphatic rings. The average Bonchev–Trinajstić information content (AvgIpc) is 3.13. The number of urea groups is 1. The Bertz CT molecular complexity index is 852. The summed E-state index contributed by atoms with van der Waals surface area (Å²) in [6.45, 7) is 3.24. The van der Waals surface area contributed by atoms with Gasteiger partial charge in [-0.2, -0.15) is 0 Å². The van der Waals surface area contributed by atoms with E-state index in [4.69, 9.17) is 4.42 Å². The molecule has 0 unspecified atom stereocenters. The lowest BCUT2D eigenvalue weighted by Crippen LogP contribution is -2.49. The first-order valence-electron chi connectivity index (χ1n) is 8.86. The zero-order chi connectivity index (χ0) is 19.9. The first kappa shape index (κ1) is 19.9. The van der Waals surface area contributed by atoms with Crippen molar-refractivity contribution >= 4 is 29.6 Å². The van der Waals surface area contributed by atoms with E-state index in [1.54, 1.807) is 0 Å². The van der Waals surface area contributed by atoms with Gasteiger partial charge in [0.1, 0.15) is 0 Å². The van der Waals surface area contributed by atoms with Gasteiger partial charge >= 0.3 is 6.03 Å². The molecule has 0 spiro atoms. The summed E-state index contributed by atoms with van der Waals surface area (Å²) in [5, 5.41) is 13.2. The minimum Gasteiger partial charge on any atom is -0.416 e. The Morgan fingerprint density at radius 1 is 1.29 bits per heavy atom. The molecule has 2 N–H and O–H groups in total. The molecule has 0 atom stereocenters. The molecule has 1 aromatic carbocycles. The number of benzene rings is 1. The van der Waals surface area contributed by atoms with Crippen LogP contribution in [0, 0.1) is 6.92 Å². The summed E-state index contributed by atoms with van der Waals surface area (Å²) in [4.78, 5) is 36.3. The molecule has 1 fully saturated rings. The van der Waals surface area contributed by atoms with E-state index in [1.807, 2.05) is 31.2 Å². The molecule has 1 saturated heterocycles. The Labute approximate surface area is 166 Å². The van der Waals surface area contributed by atoms with Crippen LogP contribution in [0.15, 0.2) is 33.9 Å². The van der Waals surface area contributed by atoms with Crippen molar-refractivity contribution in [2.45, 2.75) is 31.5 Å². The monoisotopic (exact) mass is 403 g/mol. The number of nitrogens with one attached hydrogen (secondary N) is 2. The number of nitrogens with zero attached hydrogens (tertiary/aromatic N) is 3. The SMILES string of the molecule is Cc1ccc(CNC(=O)CSc2nnc(CCN3CCC(=O)NC3=O)o2)cc1. The van der Waals surface area contributed by atoms with Crippen molar-refractivity contribution < 1.29 is 18.8 Å². The standard InChI is InChI=1S/C18H21N5O4S/c1-12-2-4-13(5-3-12)10-19-15(25)11-28-18-22-21-16(27-18)7-9-23-8-6-14(24)20-17(23)26/h2-5H,6-11H2,1H3,(H,19,25)(H,20,24,26). The molecule has 9 nitrogen and oxygen atoms in total. The van der Waals surface area contributed by atoms with E-state index in [1.165, 1.54) is 10.5 Å². The molecule has 0 radical (unpaired) electrons. The van der Waals surface area contributed by atoms with Crippen molar-refractivity contribution in [3.05, 3.63) is 41.3 Å². The molecule has 1 aromatic heterocycles. The van der Waals surface area contributed by atoms with Crippen LogP contribution >= 0.6 is 11.8 Å². The van der Waals surface area contributed by atoms with Crippen LogP contribution in [0.5, 0.6) is 0 Å². The number of amides is 4. The van der Waals surface area contributed by atoms with Crippen LogP contribution in [0.2, 0.25) is 0 Å². The molecule has 2 heterocycles. The van der Waals surface area contributed by atoms with Gasteiger partial charge in [-0.15, -0.1) is 10.2 Å². The molecule has 10 heteroatoms. The first-order valence-corrected chi connectivity index (χ1v) is 9.84. The van der Waals surface area contributed by atoms with Gasteiger partial charge in [0.05, 0.1) is 5.75 Å². The van der Waals surface area contributed by atoms with Gasteiger partial charge in [-0.3, -0.25) is 14.9 Å². The molecule has 0 bridgehead atoms. The van der Waals surface area contributed by atoms with E-state index in [9.17, 15) is 14.4 Å². The highest BCUT2D eigenvalue weighted by Gasteiger charge is 2.23. The molecule has 3 rings (SSSR count). The third-order valence-electron chi connectivity index (χ3n) is 4.12. The van der Waals surface area contributed by atoms with E-state index in [2.05, 4.69) is 20.8 Å². The van der Waals surface area contributed by atoms with Crippen LogP contribution in [-0.2, 0) is 22.6 Å². The average molecular weight is 403 g/mol. The number of thioether (sulfide) groups is 1. The van der Waals surface area contributed by atoms with E-state index in [0.717, 1.165) is 17.3 Å². The lowest BCUT2D eigenvalue weighted by atomic mass is 10.1. The topological polar surface area (TPSA) is 117 Å². The van der Waals surface area contributed by atoms with Crippen molar-refractivity contribution in [3.63, 3.8) is 0 Å². The normalized spacial score (nSPS) is 14.1. The summed E-state index contributed by atoms with van der Waals surface area (Å²) >= 11 is 1.16. The second-order valence-electron chi connectivity index (χ2n) is 6.35. The Balaban J connectivity index is 1.38. The summed E-state index contributed by atoms with van der Waals surface area (Å²) in [7, 11) is 0. The third kappa shape index (κ3) is 5.81. The highest BCUT2D eigenvalue weighted by molar-refractivity contribution is 7.99. The first-order chi connectivity index (χ1) is 13.5. The zero-order valence-corrected chi connectivity index (χ0v) is 16.3. The summed E-state index contributed by atoms with van der Waals surface area (Å²) in [6, 6.07) is 7.55. The fourth-order valence-electron chi connectivity index (χ4n) is 2.53. The molecular formula is C18H21N5O4S. The highest BCUT2D eigenvalue weighted by Crippen LogP contribution is 2.16. The van der Waals surface area contributed by atoms with Gasteiger partial charge in [0.15, 0.2) is 0 Å². The maximum Gasteiger partial charge on any atom is 0.324 e. The summed E-state index contributed by atoms with van der Waals surface area (Å²) < 4.78 is 5.49. The van der Waals surface area contributed by atoms with Gasteiger partial charge < -0.3 is 14.6 Å². The van der Waals surface area contributed by atoms with Gasteiger partial charge in [-0.05, 0) is 12.5 Å². The highest BCUT2D eigenvalue weighted by atomic mass is 32.2. The van der Waals surface area contributed by atoms with E-state index >= 15 is 0 Å². The lowest BCUT2D eigenvalue weighted by Gasteiger charge is -2.25.